The molecule has 2 rings (SSSR count). The first-order valence-electron chi connectivity index (χ1n) is 4.03. The van der Waals surface area contributed by atoms with E-state index < -0.39 is 0 Å². The molecule has 0 saturated heterocycles. The van der Waals surface area contributed by atoms with Crippen LogP contribution in [0.5, 0.6) is 0 Å². The molecule has 2 heterocycles. The van der Waals surface area contributed by atoms with Crippen molar-refractivity contribution >= 4 is 23.4 Å². The van der Waals surface area contributed by atoms with Crippen LogP contribution in [0.15, 0.2) is 29.6 Å². The van der Waals surface area contributed by atoms with Crippen molar-refractivity contribution in [2.45, 2.75) is 0 Å². The van der Waals surface area contributed by atoms with Gasteiger partial charge in [0.05, 0.1) is 16.3 Å². The lowest BCUT2D eigenvalue weighted by Gasteiger charge is -1.92. The maximum Gasteiger partial charge on any atom is 0.219 e. The standard InChI is InChI=1S/C10H7NO2S/c12-6-7-3-4-8(11-7)10(13)9-2-1-5-14-9/h1-6,11H. The van der Waals surface area contributed by atoms with Crippen molar-refractivity contribution in [2.75, 3.05) is 0 Å². The SMILES string of the molecule is O=Cc1ccc(C(=O)c2cccs2)[nH]1. The Kier molecular flexibility index (Phi) is 2.28. The van der Waals surface area contributed by atoms with Gasteiger partial charge >= 0.3 is 0 Å². The molecule has 0 radical (unpaired) electrons. The van der Waals surface area contributed by atoms with Gasteiger partial charge in [-0.15, -0.1) is 11.3 Å². The van der Waals surface area contributed by atoms with Crippen LogP contribution in [0, 0.1) is 0 Å². The number of aromatic amines is 1. The number of rotatable bonds is 3. The van der Waals surface area contributed by atoms with E-state index in [-0.39, 0.29) is 5.78 Å². The first-order chi connectivity index (χ1) is 6.81. The minimum atomic E-state index is -0.0758. The summed E-state index contributed by atoms with van der Waals surface area (Å²) in [5.41, 5.74) is 0.874. The molecule has 0 atom stereocenters. The molecule has 2 aromatic rings. The van der Waals surface area contributed by atoms with Gasteiger partial charge in [-0.2, -0.15) is 0 Å². The highest BCUT2D eigenvalue weighted by Gasteiger charge is 2.11. The van der Waals surface area contributed by atoms with E-state index in [1.54, 1.807) is 18.2 Å². The second-order valence-electron chi connectivity index (χ2n) is 2.75. The van der Waals surface area contributed by atoms with E-state index in [0.717, 1.165) is 0 Å². The molecule has 2 aromatic heterocycles. The number of ketones is 1. The van der Waals surface area contributed by atoms with Gasteiger partial charge in [0.2, 0.25) is 5.78 Å². The molecule has 0 saturated carbocycles. The predicted octanol–water partition coefficient (Wildman–Crippen LogP) is 2.12. The summed E-state index contributed by atoms with van der Waals surface area (Å²) in [4.78, 5) is 25.5. The Labute approximate surface area is 84.4 Å². The first-order valence-corrected chi connectivity index (χ1v) is 4.91. The minimum absolute atomic E-state index is 0.0758. The van der Waals surface area contributed by atoms with Crippen molar-refractivity contribution in [1.82, 2.24) is 4.98 Å². The lowest BCUT2D eigenvalue weighted by Crippen LogP contribution is -1.98. The molecule has 3 nitrogen and oxygen atoms in total. The van der Waals surface area contributed by atoms with Gasteiger partial charge in [-0.1, -0.05) is 6.07 Å². The molecule has 0 aliphatic heterocycles. The topological polar surface area (TPSA) is 49.9 Å². The Balaban J connectivity index is 2.32. The summed E-state index contributed by atoms with van der Waals surface area (Å²) >= 11 is 1.38. The number of nitrogens with one attached hydrogen (secondary N) is 1. The molecule has 70 valence electrons. The van der Waals surface area contributed by atoms with Gasteiger partial charge in [0.25, 0.3) is 0 Å². The number of aldehydes is 1. The van der Waals surface area contributed by atoms with E-state index in [0.29, 0.717) is 22.6 Å². The number of hydrogen-bond donors (Lipinski definition) is 1. The third kappa shape index (κ3) is 1.52. The van der Waals surface area contributed by atoms with Crippen LogP contribution in [-0.2, 0) is 0 Å². The summed E-state index contributed by atoms with van der Waals surface area (Å²) in [5, 5.41) is 1.84. The summed E-state index contributed by atoms with van der Waals surface area (Å²) in [5.74, 6) is -0.0758. The lowest BCUT2D eigenvalue weighted by molar-refractivity contribution is 0.103. The van der Waals surface area contributed by atoms with Crippen LogP contribution in [-0.4, -0.2) is 17.1 Å². The van der Waals surface area contributed by atoms with Crippen LogP contribution < -0.4 is 0 Å². The van der Waals surface area contributed by atoms with Gasteiger partial charge in [0, 0.05) is 0 Å². The summed E-state index contributed by atoms with van der Waals surface area (Å²) in [6.45, 7) is 0. The second kappa shape index (κ2) is 3.59. The molecule has 1 N–H and O–H groups in total. The first kappa shape index (κ1) is 8.90. The highest BCUT2D eigenvalue weighted by molar-refractivity contribution is 7.12. The van der Waals surface area contributed by atoms with E-state index in [1.807, 2.05) is 11.4 Å². The van der Waals surface area contributed by atoms with E-state index in [1.165, 1.54) is 11.3 Å². The van der Waals surface area contributed by atoms with Crippen molar-refractivity contribution in [1.29, 1.82) is 0 Å². The summed E-state index contributed by atoms with van der Waals surface area (Å²) < 4.78 is 0. The van der Waals surface area contributed by atoms with Crippen molar-refractivity contribution < 1.29 is 9.59 Å². The highest BCUT2D eigenvalue weighted by atomic mass is 32.1. The third-order valence-corrected chi connectivity index (χ3v) is 2.69. The smallest absolute Gasteiger partial charge is 0.219 e. The van der Waals surface area contributed by atoms with E-state index in [4.69, 9.17) is 0 Å². The Hall–Kier alpha value is -1.68. The highest BCUT2D eigenvalue weighted by Crippen LogP contribution is 2.14. The largest absolute Gasteiger partial charge is 0.350 e. The monoisotopic (exact) mass is 205 g/mol. The van der Waals surface area contributed by atoms with E-state index in [9.17, 15) is 9.59 Å². The molecule has 0 aliphatic carbocycles. The second-order valence-corrected chi connectivity index (χ2v) is 3.70. The van der Waals surface area contributed by atoms with Gasteiger partial charge in [-0.25, -0.2) is 0 Å². The maximum atomic E-state index is 11.7. The molecule has 0 aliphatic rings. The molecule has 0 amide bonds. The zero-order valence-corrected chi connectivity index (χ0v) is 8.01. The molecule has 0 bridgehead atoms. The van der Waals surface area contributed by atoms with Gasteiger partial charge in [-0.3, -0.25) is 9.59 Å². The Morgan fingerprint density at radius 2 is 2.21 bits per heavy atom. The van der Waals surface area contributed by atoms with Crippen LogP contribution in [0.25, 0.3) is 0 Å². The molecule has 0 fully saturated rings. The number of H-pyrrole nitrogens is 1. The summed E-state index contributed by atoms with van der Waals surface area (Å²) in [7, 11) is 0. The average molecular weight is 205 g/mol. The third-order valence-electron chi connectivity index (χ3n) is 1.83. The average Bonchev–Trinajstić information content (AvgIpc) is 2.88. The molecule has 4 heteroatoms. The van der Waals surface area contributed by atoms with Crippen LogP contribution in [0.4, 0.5) is 0 Å². The fourth-order valence-corrected chi connectivity index (χ4v) is 1.83. The van der Waals surface area contributed by atoms with Crippen molar-refractivity contribution in [2.24, 2.45) is 0 Å². The fraction of sp³-hybridized carbons (Fsp3) is 0. The fourth-order valence-electron chi connectivity index (χ4n) is 1.15. The Morgan fingerprint density at radius 1 is 1.36 bits per heavy atom. The van der Waals surface area contributed by atoms with Crippen LogP contribution in [0.1, 0.15) is 25.9 Å². The zero-order chi connectivity index (χ0) is 9.97. The number of carbonyl (C=O) groups excluding carboxylic acids is 2. The Morgan fingerprint density at radius 3 is 2.79 bits per heavy atom. The number of thiophene rings is 1. The van der Waals surface area contributed by atoms with Crippen molar-refractivity contribution in [3.8, 4) is 0 Å². The van der Waals surface area contributed by atoms with E-state index in [2.05, 4.69) is 4.98 Å². The number of hydrogen-bond acceptors (Lipinski definition) is 3. The van der Waals surface area contributed by atoms with Crippen molar-refractivity contribution in [3.05, 3.63) is 45.9 Å². The van der Waals surface area contributed by atoms with Gasteiger partial charge < -0.3 is 4.98 Å². The van der Waals surface area contributed by atoms with Crippen LogP contribution in [0.3, 0.4) is 0 Å². The van der Waals surface area contributed by atoms with Gasteiger partial charge in [0.15, 0.2) is 6.29 Å². The summed E-state index contributed by atoms with van der Waals surface area (Å²) in [6.07, 6.45) is 0.686. The van der Waals surface area contributed by atoms with Gasteiger partial charge in [-0.05, 0) is 23.6 Å². The van der Waals surface area contributed by atoms with Crippen molar-refractivity contribution in [3.63, 3.8) is 0 Å². The predicted molar refractivity (Wildman–Crippen MR) is 53.9 cm³/mol. The molecule has 0 unspecified atom stereocenters. The molecule has 0 spiro atoms. The number of carbonyl (C=O) groups is 2. The molecule has 14 heavy (non-hydrogen) atoms. The quantitative estimate of drug-likeness (QED) is 0.616. The maximum absolute atomic E-state index is 11.7. The van der Waals surface area contributed by atoms with E-state index >= 15 is 0 Å². The molecular formula is C10H7NO2S. The zero-order valence-electron chi connectivity index (χ0n) is 7.19. The summed E-state index contributed by atoms with van der Waals surface area (Å²) in [6, 6.07) is 6.79. The Bertz CT molecular complexity index is 456. The number of aromatic nitrogens is 1. The van der Waals surface area contributed by atoms with Crippen LogP contribution >= 0.6 is 11.3 Å². The lowest BCUT2D eigenvalue weighted by atomic mass is 10.2. The minimum Gasteiger partial charge on any atom is -0.350 e. The van der Waals surface area contributed by atoms with Gasteiger partial charge in [0.1, 0.15) is 0 Å². The molecular weight excluding hydrogens is 198 g/mol. The normalized spacial score (nSPS) is 10.0. The molecule has 0 aromatic carbocycles. The van der Waals surface area contributed by atoms with Crippen LogP contribution in [0.2, 0.25) is 0 Å².